The molecule has 2 rings (SSSR count). The second-order valence-electron chi connectivity index (χ2n) is 5.36. The molecule has 1 aromatic carbocycles. The smallest absolute Gasteiger partial charge is 0.263 e. The second-order valence-corrected chi connectivity index (χ2v) is 5.36. The van der Waals surface area contributed by atoms with E-state index in [1.165, 1.54) is 0 Å². The van der Waals surface area contributed by atoms with Crippen molar-refractivity contribution in [2.45, 2.75) is 38.3 Å². The predicted octanol–water partition coefficient (Wildman–Crippen LogP) is 1.53. The molecule has 0 aromatic heterocycles. The molecule has 1 aliphatic heterocycles. The van der Waals surface area contributed by atoms with E-state index in [4.69, 9.17) is 9.84 Å². The lowest BCUT2D eigenvalue weighted by atomic mass is 9.94. The van der Waals surface area contributed by atoms with Crippen LogP contribution in [0.15, 0.2) is 24.3 Å². The molecule has 3 N–H and O–H groups in total. The number of hydrogen-bond acceptors (Lipinski definition) is 4. The van der Waals surface area contributed by atoms with Gasteiger partial charge in [-0.05, 0) is 31.9 Å². The fourth-order valence-electron chi connectivity index (χ4n) is 2.21. The first kappa shape index (κ1) is 14.7. The largest absolute Gasteiger partial charge is 0.477 e. The first-order valence-corrected chi connectivity index (χ1v) is 7.00. The van der Waals surface area contributed by atoms with Crippen LogP contribution in [0.1, 0.15) is 26.7 Å². The first-order valence-electron chi connectivity index (χ1n) is 7.00. The normalized spacial score (nSPS) is 20.1. The maximum absolute atomic E-state index is 12.3. The van der Waals surface area contributed by atoms with Crippen LogP contribution < -0.4 is 15.4 Å². The highest BCUT2D eigenvalue weighted by atomic mass is 16.5. The van der Waals surface area contributed by atoms with Gasteiger partial charge in [0.05, 0.1) is 12.2 Å². The van der Waals surface area contributed by atoms with Crippen LogP contribution >= 0.6 is 0 Å². The summed E-state index contributed by atoms with van der Waals surface area (Å²) in [6.45, 7) is 4.43. The number of hydrogen-bond donors (Lipinski definition) is 3. The summed E-state index contributed by atoms with van der Waals surface area (Å²) < 4.78 is 5.73. The quantitative estimate of drug-likeness (QED) is 0.764. The number of aliphatic hydroxyl groups excluding tert-OH is 1. The van der Waals surface area contributed by atoms with Gasteiger partial charge in [0, 0.05) is 12.1 Å². The number of benzene rings is 1. The van der Waals surface area contributed by atoms with E-state index in [9.17, 15) is 4.79 Å². The van der Waals surface area contributed by atoms with Crippen molar-refractivity contribution in [3.63, 3.8) is 0 Å². The van der Waals surface area contributed by atoms with E-state index in [0.29, 0.717) is 18.7 Å². The zero-order chi connectivity index (χ0) is 14.6. The number of anilines is 1. The number of carbonyl (C=O) groups excluding carboxylic acids is 1. The molecule has 5 nitrogen and oxygen atoms in total. The van der Waals surface area contributed by atoms with E-state index in [1.54, 1.807) is 0 Å². The van der Waals surface area contributed by atoms with Gasteiger partial charge in [0.2, 0.25) is 0 Å². The topological polar surface area (TPSA) is 70.6 Å². The Hall–Kier alpha value is -1.75. The fraction of sp³-hybridized carbons (Fsp3) is 0.533. The Morgan fingerprint density at radius 1 is 1.55 bits per heavy atom. The maximum atomic E-state index is 12.3. The number of aliphatic hydroxyl groups is 1. The lowest BCUT2D eigenvalue weighted by Gasteiger charge is -2.33. The Morgan fingerprint density at radius 3 is 3.00 bits per heavy atom. The van der Waals surface area contributed by atoms with Gasteiger partial charge >= 0.3 is 0 Å². The molecule has 110 valence electrons. The van der Waals surface area contributed by atoms with Crippen LogP contribution in [-0.2, 0) is 4.79 Å². The van der Waals surface area contributed by atoms with Gasteiger partial charge in [-0.15, -0.1) is 0 Å². The monoisotopic (exact) mass is 278 g/mol. The van der Waals surface area contributed by atoms with Crippen LogP contribution in [0.4, 0.5) is 5.69 Å². The standard InChI is InChI=1S/C15H22N2O3/c1-3-15(2,8-9-18)17-14(19)13-10-16-11-6-4-5-7-12(11)20-13/h4-7,13,16,18H,3,8-10H2,1-2H3,(H,17,19). The van der Waals surface area contributed by atoms with Crippen molar-refractivity contribution < 1.29 is 14.6 Å². The van der Waals surface area contributed by atoms with Crippen molar-refractivity contribution >= 4 is 11.6 Å². The number of nitrogens with one attached hydrogen (secondary N) is 2. The first-order chi connectivity index (χ1) is 9.58. The number of rotatable bonds is 5. The van der Waals surface area contributed by atoms with E-state index in [0.717, 1.165) is 12.1 Å². The summed E-state index contributed by atoms with van der Waals surface area (Å²) in [4.78, 5) is 12.3. The van der Waals surface area contributed by atoms with Crippen LogP contribution in [0.2, 0.25) is 0 Å². The van der Waals surface area contributed by atoms with Crippen molar-refractivity contribution in [1.82, 2.24) is 5.32 Å². The average Bonchev–Trinajstić information content (AvgIpc) is 2.47. The molecular formula is C15H22N2O3. The van der Waals surface area contributed by atoms with Gasteiger partial charge in [-0.2, -0.15) is 0 Å². The Bertz CT molecular complexity index is 478. The summed E-state index contributed by atoms with van der Waals surface area (Å²) in [5.74, 6) is 0.545. The molecule has 0 aliphatic carbocycles. The van der Waals surface area contributed by atoms with Crippen molar-refractivity contribution in [2.24, 2.45) is 0 Å². The third kappa shape index (κ3) is 3.22. The molecule has 1 aromatic rings. The minimum absolute atomic E-state index is 0.0528. The molecule has 2 atom stereocenters. The Kier molecular flexibility index (Phi) is 4.49. The summed E-state index contributed by atoms with van der Waals surface area (Å²) >= 11 is 0. The van der Waals surface area contributed by atoms with Crippen LogP contribution in [0.5, 0.6) is 5.75 Å². The van der Waals surface area contributed by atoms with Gasteiger partial charge in [-0.1, -0.05) is 19.1 Å². The molecule has 1 amide bonds. The molecule has 0 saturated heterocycles. The van der Waals surface area contributed by atoms with Gasteiger partial charge in [0.25, 0.3) is 5.91 Å². The molecule has 0 bridgehead atoms. The molecule has 0 radical (unpaired) electrons. The van der Waals surface area contributed by atoms with Crippen LogP contribution in [-0.4, -0.2) is 35.8 Å². The molecule has 20 heavy (non-hydrogen) atoms. The summed E-state index contributed by atoms with van der Waals surface area (Å²) in [5, 5.41) is 15.3. The van der Waals surface area contributed by atoms with Crippen LogP contribution in [0.25, 0.3) is 0 Å². The number of ether oxygens (including phenoxy) is 1. The lowest BCUT2D eigenvalue weighted by Crippen LogP contribution is -2.53. The van der Waals surface area contributed by atoms with Gasteiger partial charge in [-0.25, -0.2) is 0 Å². The Labute approximate surface area is 119 Å². The predicted molar refractivity (Wildman–Crippen MR) is 77.9 cm³/mol. The van der Waals surface area contributed by atoms with Gasteiger partial charge in [-0.3, -0.25) is 4.79 Å². The minimum atomic E-state index is -0.547. The summed E-state index contributed by atoms with van der Waals surface area (Å²) in [5.41, 5.74) is 0.511. The summed E-state index contributed by atoms with van der Waals surface area (Å²) in [6, 6.07) is 7.56. The molecule has 2 unspecified atom stereocenters. The Balaban J connectivity index is 2.01. The zero-order valence-electron chi connectivity index (χ0n) is 12.0. The highest BCUT2D eigenvalue weighted by Crippen LogP contribution is 2.28. The Morgan fingerprint density at radius 2 is 2.30 bits per heavy atom. The molecule has 1 heterocycles. The van der Waals surface area contributed by atoms with E-state index in [2.05, 4.69) is 10.6 Å². The van der Waals surface area contributed by atoms with E-state index >= 15 is 0 Å². The number of carbonyl (C=O) groups is 1. The highest BCUT2D eigenvalue weighted by Gasteiger charge is 2.31. The molecule has 0 saturated carbocycles. The van der Waals surface area contributed by atoms with Crippen molar-refractivity contribution in [1.29, 1.82) is 0 Å². The van der Waals surface area contributed by atoms with Crippen LogP contribution in [0.3, 0.4) is 0 Å². The van der Waals surface area contributed by atoms with Crippen molar-refractivity contribution in [3.05, 3.63) is 24.3 Å². The number of amides is 1. The van der Waals surface area contributed by atoms with Gasteiger partial charge < -0.3 is 20.5 Å². The number of para-hydroxylation sites is 2. The molecule has 0 fully saturated rings. The fourth-order valence-corrected chi connectivity index (χ4v) is 2.21. The second kappa shape index (κ2) is 6.13. The van der Waals surface area contributed by atoms with Gasteiger partial charge in [0.15, 0.2) is 6.10 Å². The summed E-state index contributed by atoms with van der Waals surface area (Å²) in [7, 11) is 0. The third-order valence-electron chi connectivity index (χ3n) is 3.80. The SMILES string of the molecule is CCC(C)(CCO)NC(=O)C1CNc2ccccc2O1. The third-order valence-corrected chi connectivity index (χ3v) is 3.80. The van der Waals surface area contributed by atoms with E-state index in [-0.39, 0.29) is 12.5 Å². The van der Waals surface area contributed by atoms with Crippen molar-refractivity contribution in [2.75, 3.05) is 18.5 Å². The van der Waals surface area contributed by atoms with Crippen LogP contribution in [0, 0.1) is 0 Å². The van der Waals surface area contributed by atoms with Crippen molar-refractivity contribution in [3.8, 4) is 5.75 Å². The molecule has 1 aliphatic rings. The average molecular weight is 278 g/mol. The molecule has 5 heteroatoms. The highest BCUT2D eigenvalue weighted by molar-refractivity contribution is 5.83. The van der Waals surface area contributed by atoms with E-state index < -0.39 is 11.6 Å². The zero-order valence-corrected chi connectivity index (χ0v) is 12.0. The van der Waals surface area contributed by atoms with E-state index in [1.807, 2.05) is 38.1 Å². The minimum Gasteiger partial charge on any atom is -0.477 e. The number of fused-ring (bicyclic) bond motifs is 1. The lowest BCUT2D eigenvalue weighted by molar-refractivity contribution is -0.129. The maximum Gasteiger partial charge on any atom is 0.263 e. The molecular weight excluding hydrogens is 256 g/mol. The van der Waals surface area contributed by atoms with Gasteiger partial charge in [0.1, 0.15) is 5.75 Å². The molecule has 0 spiro atoms. The summed E-state index contributed by atoms with van der Waals surface area (Å²) in [6.07, 6.45) is 0.747.